The van der Waals surface area contributed by atoms with Gasteiger partial charge in [-0.05, 0) is 64.3 Å². The largest absolute Gasteiger partial charge is 0.507 e. The molecule has 0 saturated heterocycles. The molecule has 0 spiro atoms. The number of aryl methyl sites for hydroxylation is 1. The molecule has 3 aromatic rings. The van der Waals surface area contributed by atoms with Gasteiger partial charge in [-0.3, -0.25) is 0 Å². The number of aromatic hydroxyl groups is 1. The second kappa shape index (κ2) is 6.99. The first kappa shape index (κ1) is 16.9. The Labute approximate surface area is 156 Å². The van der Waals surface area contributed by atoms with Crippen molar-refractivity contribution in [2.24, 2.45) is 0 Å². The van der Waals surface area contributed by atoms with Gasteiger partial charge in [0.15, 0.2) is 0 Å². The van der Waals surface area contributed by atoms with Gasteiger partial charge >= 0.3 is 0 Å². The maximum absolute atomic E-state index is 10.8. The molecule has 0 aliphatic heterocycles. The van der Waals surface area contributed by atoms with Crippen LogP contribution in [0.5, 0.6) is 5.75 Å². The molecule has 0 radical (unpaired) electrons. The number of benzene rings is 3. The van der Waals surface area contributed by atoms with Gasteiger partial charge in [0.05, 0.1) is 0 Å². The van der Waals surface area contributed by atoms with E-state index in [0.29, 0.717) is 5.75 Å². The normalized spacial score (nSPS) is 12.1. The van der Waals surface area contributed by atoms with E-state index in [1.165, 1.54) is 38.9 Å². The summed E-state index contributed by atoms with van der Waals surface area (Å²) in [6.07, 6.45) is 5.24. The second-order valence-electron chi connectivity index (χ2n) is 7.26. The number of phenols is 1. The van der Waals surface area contributed by atoms with Crippen molar-refractivity contribution < 1.29 is 5.11 Å². The lowest BCUT2D eigenvalue weighted by molar-refractivity contribution is 0.476. The first-order valence-corrected chi connectivity index (χ1v) is 9.78. The highest BCUT2D eigenvalue weighted by atomic mass is 16.3. The molecule has 26 heavy (non-hydrogen) atoms. The minimum atomic E-state index is 0.414. The predicted octanol–water partition coefficient (Wildman–Crippen LogP) is 6.54. The summed E-state index contributed by atoms with van der Waals surface area (Å²) in [5.41, 5.74) is 10.4. The Morgan fingerprint density at radius 1 is 0.769 bits per heavy atom. The van der Waals surface area contributed by atoms with Crippen LogP contribution in [0.1, 0.15) is 48.9 Å². The van der Waals surface area contributed by atoms with Crippen molar-refractivity contribution >= 4 is 0 Å². The standard InChI is InChI=1S/C25H26O/c1-3-8-17-14-15-24(26)25(20(17)9-4-2)22-13-7-12-21-19-11-6-5-10-18(19)16-23(21)22/h5-7,10-15,26H,3-4,8-9,16H2,1-2H3. The highest BCUT2D eigenvalue weighted by Gasteiger charge is 2.24. The van der Waals surface area contributed by atoms with Crippen molar-refractivity contribution in [3.8, 4) is 28.0 Å². The molecule has 1 N–H and O–H groups in total. The number of fused-ring (bicyclic) bond motifs is 3. The monoisotopic (exact) mass is 342 g/mol. The van der Waals surface area contributed by atoms with Crippen molar-refractivity contribution in [1.82, 2.24) is 0 Å². The number of hydrogen-bond donors (Lipinski definition) is 1. The van der Waals surface area contributed by atoms with Crippen LogP contribution in [0.15, 0.2) is 54.6 Å². The quantitative estimate of drug-likeness (QED) is 0.437. The third-order valence-corrected chi connectivity index (χ3v) is 5.53. The van der Waals surface area contributed by atoms with Crippen LogP contribution in [0.2, 0.25) is 0 Å². The smallest absolute Gasteiger partial charge is 0.123 e. The third kappa shape index (κ3) is 2.72. The molecule has 0 amide bonds. The summed E-state index contributed by atoms with van der Waals surface area (Å²) in [7, 11) is 0. The van der Waals surface area contributed by atoms with Crippen LogP contribution >= 0.6 is 0 Å². The maximum atomic E-state index is 10.8. The first-order valence-electron chi connectivity index (χ1n) is 9.78. The van der Waals surface area contributed by atoms with E-state index in [0.717, 1.165) is 37.7 Å². The van der Waals surface area contributed by atoms with E-state index in [-0.39, 0.29) is 0 Å². The van der Waals surface area contributed by atoms with E-state index in [2.05, 4.69) is 62.4 Å². The van der Waals surface area contributed by atoms with Crippen molar-refractivity contribution in [2.75, 3.05) is 0 Å². The predicted molar refractivity (Wildman–Crippen MR) is 110 cm³/mol. The Balaban J connectivity index is 1.94. The fourth-order valence-electron chi connectivity index (χ4n) is 4.41. The molecule has 1 heteroatoms. The fraction of sp³-hybridized carbons (Fsp3) is 0.280. The summed E-state index contributed by atoms with van der Waals surface area (Å²) < 4.78 is 0. The van der Waals surface area contributed by atoms with E-state index in [4.69, 9.17) is 0 Å². The van der Waals surface area contributed by atoms with E-state index in [1.54, 1.807) is 0 Å². The van der Waals surface area contributed by atoms with Gasteiger partial charge in [-0.15, -0.1) is 0 Å². The minimum absolute atomic E-state index is 0.414. The SMILES string of the molecule is CCCc1ccc(O)c(-c2cccc3c2Cc2ccccc2-3)c1CCC. The molecule has 1 nitrogen and oxygen atoms in total. The van der Waals surface area contributed by atoms with Gasteiger partial charge in [0, 0.05) is 5.56 Å². The molecule has 0 saturated carbocycles. The summed E-state index contributed by atoms with van der Waals surface area (Å²) in [5, 5.41) is 10.8. The summed E-state index contributed by atoms with van der Waals surface area (Å²) in [6, 6.07) is 19.2. The van der Waals surface area contributed by atoms with Crippen LogP contribution in [0.4, 0.5) is 0 Å². The van der Waals surface area contributed by atoms with Crippen molar-refractivity contribution in [3.63, 3.8) is 0 Å². The molecule has 0 fully saturated rings. The van der Waals surface area contributed by atoms with Gasteiger partial charge in [-0.2, -0.15) is 0 Å². The molecular weight excluding hydrogens is 316 g/mol. The topological polar surface area (TPSA) is 20.2 Å². The Morgan fingerprint density at radius 3 is 2.31 bits per heavy atom. The lowest BCUT2D eigenvalue weighted by Gasteiger charge is -2.18. The minimum Gasteiger partial charge on any atom is -0.507 e. The molecule has 0 atom stereocenters. The number of rotatable bonds is 5. The lowest BCUT2D eigenvalue weighted by atomic mass is 9.87. The van der Waals surface area contributed by atoms with E-state index >= 15 is 0 Å². The van der Waals surface area contributed by atoms with Gasteiger partial charge in [0.2, 0.25) is 0 Å². The Hall–Kier alpha value is -2.54. The van der Waals surface area contributed by atoms with Gasteiger partial charge < -0.3 is 5.11 Å². The van der Waals surface area contributed by atoms with Crippen LogP contribution < -0.4 is 0 Å². The summed E-state index contributed by atoms with van der Waals surface area (Å²) >= 11 is 0. The van der Waals surface area contributed by atoms with Crippen molar-refractivity contribution in [3.05, 3.63) is 76.9 Å². The molecule has 0 bridgehead atoms. The third-order valence-electron chi connectivity index (χ3n) is 5.53. The molecule has 0 aromatic heterocycles. The zero-order valence-electron chi connectivity index (χ0n) is 15.7. The Morgan fingerprint density at radius 2 is 1.50 bits per heavy atom. The molecule has 1 aliphatic rings. The molecule has 3 aromatic carbocycles. The van der Waals surface area contributed by atoms with Crippen LogP contribution in [-0.4, -0.2) is 5.11 Å². The zero-order valence-corrected chi connectivity index (χ0v) is 15.7. The highest BCUT2D eigenvalue weighted by molar-refractivity contribution is 5.87. The fourth-order valence-corrected chi connectivity index (χ4v) is 4.41. The van der Waals surface area contributed by atoms with Crippen molar-refractivity contribution in [2.45, 2.75) is 46.0 Å². The molecule has 132 valence electrons. The summed E-state index contributed by atoms with van der Waals surface area (Å²) in [5.74, 6) is 0.414. The van der Waals surface area contributed by atoms with Gasteiger partial charge in [0.25, 0.3) is 0 Å². The average Bonchev–Trinajstić information content (AvgIpc) is 3.04. The van der Waals surface area contributed by atoms with Crippen LogP contribution in [0.25, 0.3) is 22.3 Å². The van der Waals surface area contributed by atoms with E-state index in [9.17, 15) is 5.11 Å². The second-order valence-corrected chi connectivity index (χ2v) is 7.26. The summed E-state index contributed by atoms with van der Waals surface area (Å²) in [4.78, 5) is 0. The molecular formula is C25H26O. The van der Waals surface area contributed by atoms with E-state index in [1.807, 2.05) is 6.07 Å². The Bertz CT molecular complexity index is 952. The average molecular weight is 342 g/mol. The van der Waals surface area contributed by atoms with Crippen LogP contribution in [0, 0.1) is 0 Å². The van der Waals surface area contributed by atoms with Crippen LogP contribution in [-0.2, 0) is 19.3 Å². The van der Waals surface area contributed by atoms with Crippen LogP contribution in [0.3, 0.4) is 0 Å². The van der Waals surface area contributed by atoms with Gasteiger partial charge in [-0.1, -0.05) is 75.2 Å². The molecule has 4 rings (SSSR count). The maximum Gasteiger partial charge on any atom is 0.123 e. The lowest BCUT2D eigenvalue weighted by Crippen LogP contribution is -2.00. The zero-order chi connectivity index (χ0) is 18.1. The highest BCUT2D eigenvalue weighted by Crippen LogP contribution is 2.45. The van der Waals surface area contributed by atoms with E-state index < -0.39 is 0 Å². The van der Waals surface area contributed by atoms with Gasteiger partial charge in [0.1, 0.15) is 5.75 Å². The molecule has 1 aliphatic carbocycles. The number of hydrogen-bond acceptors (Lipinski definition) is 1. The Kier molecular flexibility index (Phi) is 4.55. The van der Waals surface area contributed by atoms with Gasteiger partial charge in [-0.25, -0.2) is 0 Å². The number of phenolic OH excluding ortho intramolecular Hbond substituents is 1. The molecule has 0 heterocycles. The first-order chi connectivity index (χ1) is 12.7. The van der Waals surface area contributed by atoms with Crippen molar-refractivity contribution in [1.29, 1.82) is 0 Å². The summed E-state index contributed by atoms with van der Waals surface area (Å²) in [6.45, 7) is 4.44. The molecule has 0 unspecified atom stereocenters.